The average molecular weight is 534 g/mol. The van der Waals surface area contributed by atoms with E-state index in [0.29, 0.717) is 0 Å². The van der Waals surface area contributed by atoms with Crippen molar-refractivity contribution in [1.29, 1.82) is 0 Å². The van der Waals surface area contributed by atoms with Crippen LogP contribution in [0.5, 0.6) is 0 Å². The third kappa shape index (κ3) is 3.61. The number of carbonyl (C=O) groups excluding carboxylic acids is 5. The van der Waals surface area contributed by atoms with Gasteiger partial charge < -0.3 is 29.7 Å². The number of rotatable bonds is 6. The lowest BCUT2D eigenvalue weighted by Gasteiger charge is -2.42. The van der Waals surface area contributed by atoms with Crippen LogP contribution >= 0.6 is 11.8 Å². The first kappa shape index (κ1) is 25.7. The zero-order valence-electron chi connectivity index (χ0n) is 19.7. The molecule has 194 valence electrons. The third-order valence-electron chi connectivity index (χ3n) is 6.87. The summed E-state index contributed by atoms with van der Waals surface area (Å²) >= 11 is 1.36. The highest BCUT2D eigenvalue weighted by molar-refractivity contribution is 8.01. The maximum absolute atomic E-state index is 13.1. The highest BCUT2D eigenvalue weighted by Gasteiger charge is 2.71. The second-order valence-corrected chi connectivity index (χ2v) is 14.1. The Morgan fingerprint density at radius 3 is 2.23 bits per heavy atom. The predicted octanol–water partition coefficient (Wildman–Crippen LogP) is -1.51. The van der Waals surface area contributed by atoms with Gasteiger partial charge in [0.05, 0.1) is 6.42 Å². The molecule has 0 aromatic heterocycles. The van der Waals surface area contributed by atoms with Crippen LogP contribution in [0.1, 0.15) is 41.0 Å². The highest BCUT2D eigenvalue weighted by Crippen LogP contribution is 2.51. The number of ether oxygens (including phenoxy) is 3. The van der Waals surface area contributed by atoms with Crippen LogP contribution in [0.4, 0.5) is 0 Å². The summed E-state index contributed by atoms with van der Waals surface area (Å²) in [6, 6.07) is -3.28. The molecule has 4 saturated heterocycles. The monoisotopic (exact) mass is 533 g/mol. The van der Waals surface area contributed by atoms with E-state index in [4.69, 9.17) is 19.9 Å². The lowest BCUT2D eigenvalue weighted by atomic mass is 9.96. The van der Waals surface area contributed by atoms with E-state index in [0.717, 1.165) is 11.8 Å². The van der Waals surface area contributed by atoms with Crippen molar-refractivity contribution >= 4 is 51.3 Å². The standard InChI is InChI=1S/C20H27N3O10S2/c1-8(24)31-7-20(5)14(22-10(25)6-11(22)35(20,29)30)18(28)33-9(2)32-17(27)13-19(3,4)34-16-12(21)15(26)23(13)16/h9,11-14,16H,6-7,21H2,1-5H3/t9?,11-,12-,13+,14+,16-,20+/m1/s1. The molecule has 35 heavy (non-hydrogen) atoms. The Morgan fingerprint density at radius 1 is 1.11 bits per heavy atom. The third-order valence-corrected chi connectivity index (χ3v) is 11.2. The molecule has 0 spiro atoms. The number of amides is 2. The summed E-state index contributed by atoms with van der Waals surface area (Å²) in [6.45, 7) is 6.41. The van der Waals surface area contributed by atoms with Crippen molar-refractivity contribution in [3.8, 4) is 0 Å². The summed E-state index contributed by atoms with van der Waals surface area (Å²) in [5.74, 6) is -3.66. The summed E-state index contributed by atoms with van der Waals surface area (Å²) in [5, 5.41) is -1.60. The van der Waals surface area contributed by atoms with Gasteiger partial charge in [-0.1, -0.05) is 0 Å². The minimum atomic E-state index is -4.09. The number of hydrogen-bond acceptors (Lipinski definition) is 12. The molecule has 7 atom stereocenters. The Bertz CT molecular complexity index is 1120. The van der Waals surface area contributed by atoms with E-state index in [1.807, 2.05) is 0 Å². The molecule has 13 nitrogen and oxygen atoms in total. The number of nitrogens with two attached hydrogens (primary N) is 1. The zero-order chi connectivity index (χ0) is 26.2. The molecule has 4 fully saturated rings. The fourth-order valence-electron chi connectivity index (χ4n) is 5.00. The van der Waals surface area contributed by atoms with Gasteiger partial charge in [0.25, 0.3) is 0 Å². The molecule has 0 aromatic carbocycles. The van der Waals surface area contributed by atoms with Crippen molar-refractivity contribution in [3.05, 3.63) is 0 Å². The maximum Gasteiger partial charge on any atom is 0.333 e. The predicted molar refractivity (Wildman–Crippen MR) is 119 cm³/mol. The van der Waals surface area contributed by atoms with Crippen molar-refractivity contribution in [3.63, 3.8) is 0 Å². The van der Waals surface area contributed by atoms with Crippen LogP contribution in [0.15, 0.2) is 0 Å². The molecule has 15 heteroatoms. The molecule has 4 aliphatic heterocycles. The molecule has 0 aromatic rings. The first-order valence-corrected chi connectivity index (χ1v) is 13.3. The summed E-state index contributed by atoms with van der Waals surface area (Å²) in [5.41, 5.74) is 5.81. The van der Waals surface area contributed by atoms with Crippen LogP contribution in [-0.2, 0) is 48.0 Å². The van der Waals surface area contributed by atoms with Crippen molar-refractivity contribution in [2.75, 3.05) is 6.61 Å². The Balaban J connectivity index is 1.49. The van der Waals surface area contributed by atoms with Gasteiger partial charge in [-0.2, -0.15) is 0 Å². The van der Waals surface area contributed by atoms with Crippen LogP contribution in [0.25, 0.3) is 0 Å². The molecule has 4 aliphatic rings. The van der Waals surface area contributed by atoms with Gasteiger partial charge in [-0.15, -0.1) is 11.8 Å². The quantitative estimate of drug-likeness (QED) is 0.237. The fraction of sp³-hybridized carbons (Fsp3) is 0.750. The smallest absolute Gasteiger partial charge is 0.333 e. The van der Waals surface area contributed by atoms with Gasteiger partial charge in [-0.25, -0.2) is 18.0 Å². The van der Waals surface area contributed by atoms with E-state index in [2.05, 4.69) is 0 Å². The lowest BCUT2D eigenvalue weighted by molar-refractivity contribution is -0.196. The molecular formula is C20H27N3O10S2. The number of sulfone groups is 1. The molecule has 0 radical (unpaired) electrons. The SMILES string of the molecule is CC(=O)OC[C@@]1(C)[C@H](C(=O)OC(C)OC(=O)[C@@H]2N3C(=O)[C@@H](N)[C@H]3SC2(C)C)N2C(=O)C[C@H]2S1(=O)=O. The average Bonchev–Trinajstić information content (AvgIpc) is 3.08. The topological polar surface area (TPSA) is 180 Å². The first-order chi connectivity index (χ1) is 16.0. The van der Waals surface area contributed by atoms with Crippen LogP contribution in [0, 0.1) is 0 Å². The van der Waals surface area contributed by atoms with Gasteiger partial charge in [0, 0.05) is 18.6 Å². The van der Waals surface area contributed by atoms with Crippen molar-refractivity contribution in [1.82, 2.24) is 9.80 Å². The van der Waals surface area contributed by atoms with E-state index >= 15 is 0 Å². The van der Waals surface area contributed by atoms with Crippen molar-refractivity contribution < 1.29 is 46.6 Å². The molecule has 2 N–H and O–H groups in total. The second-order valence-electron chi connectivity index (χ2n) is 9.73. The van der Waals surface area contributed by atoms with Crippen LogP contribution < -0.4 is 5.73 Å². The minimum Gasteiger partial charge on any atom is -0.464 e. The van der Waals surface area contributed by atoms with Gasteiger partial charge in [-0.3, -0.25) is 14.4 Å². The van der Waals surface area contributed by atoms with Crippen molar-refractivity contribution in [2.45, 2.75) is 85.7 Å². The van der Waals surface area contributed by atoms with Crippen LogP contribution in [0.2, 0.25) is 0 Å². The maximum atomic E-state index is 13.1. The van der Waals surface area contributed by atoms with Gasteiger partial charge in [0.15, 0.2) is 15.9 Å². The largest absolute Gasteiger partial charge is 0.464 e. The van der Waals surface area contributed by atoms with Gasteiger partial charge >= 0.3 is 17.9 Å². The Kier molecular flexibility index (Phi) is 5.92. The van der Waals surface area contributed by atoms with E-state index in [-0.39, 0.29) is 17.7 Å². The molecular weight excluding hydrogens is 506 g/mol. The zero-order valence-corrected chi connectivity index (χ0v) is 21.4. The number of carbonyl (C=O) groups is 5. The number of fused-ring (bicyclic) bond motifs is 2. The Labute approximate surface area is 205 Å². The molecule has 4 heterocycles. The number of esters is 3. The summed E-state index contributed by atoms with van der Waals surface area (Å²) in [7, 11) is -4.09. The number of β-lactam (4-membered cyclic amide) rings is 2. The van der Waals surface area contributed by atoms with E-state index in [1.54, 1.807) is 13.8 Å². The van der Waals surface area contributed by atoms with Crippen LogP contribution in [-0.4, -0.2) is 99.2 Å². The molecule has 4 rings (SSSR count). The Morgan fingerprint density at radius 2 is 1.69 bits per heavy atom. The van der Waals surface area contributed by atoms with Crippen LogP contribution in [0.3, 0.4) is 0 Å². The number of nitrogens with zero attached hydrogens (tertiary/aromatic N) is 2. The van der Waals surface area contributed by atoms with E-state index < -0.39 is 79.5 Å². The second kappa shape index (κ2) is 8.06. The molecule has 0 aliphatic carbocycles. The fourth-order valence-corrected chi connectivity index (χ4v) is 8.83. The minimum absolute atomic E-state index is 0.298. The first-order valence-electron chi connectivity index (χ1n) is 10.9. The normalized spacial score (nSPS) is 36.9. The summed E-state index contributed by atoms with van der Waals surface area (Å²) in [4.78, 5) is 64.0. The van der Waals surface area contributed by atoms with Gasteiger partial charge in [-0.05, 0) is 20.8 Å². The van der Waals surface area contributed by atoms with Crippen molar-refractivity contribution in [2.24, 2.45) is 5.73 Å². The number of thioether (sulfide) groups is 1. The highest BCUT2D eigenvalue weighted by atomic mass is 32.2. The Hall–Kier alpha value is -2.39. The molecule has 0 saturated carbocycles. The summed E-state index contributed by atoms with van der Waals surface area (Å²) < 4.78 is 38.9. The van der Waals surface area contributed by atoms with E-state index in [9.17, 15) is 32.4 Å². The summed E-state index contributed by atoms with van der Waals surface area (Å²) in [6.07, 6.45) is -1.76. The van der Waals surface area contributed by atoms with Gasteiger partial charge in [0.2, 0.25) is 18.1 Å². The molecule has 2 amide bonds. The number of hydrogen-bond donors (Lipinski definition) is 1. The molecule has 1 unspecified atom stereocenters. The lowest BCUT2D eigenvalue weighted by Crippen LogP contribution is -2.69. The molecule has 0 bridgehead atoms. The van der Waals surface area contributed by atoms with E-state index in [1.165, 1.54) is 30.5 Å². The van der Waals surface area contributed by atoms with Gasteiger partial charge in [0.1, 0.15) is 34.2 Å².